The Hall–Kier alpha value is -4.26. The summed E-state index contributed by atoms with van der Waals surface area (Å²) < 4.78 is 18.8. The van der Waals surface area contributed by atoms with Crippen LogP contribution in [0, 0.1) is 5.41 Å². The van der Waals surface area contributed by atoms with Crippen molar-refractivity contribution in [2.24, 2.45) is 10.4 Å². The van der Waals surface area contributed by atoms with Crippen molar-refractivity contribution in [1.82, 2.24) is 30.1 Å². The number of methoxy groups -OCH3 is 1. The lowest BCUT2D eigenvalue weighted by Gasteiger charge is -2.25. The standard InChI is InChI=1S/C31H37N5O5.C5H12N2.C2H6/c1-8-36-26-12-11-21(30-34-27(41-35-30)15-22(17-37)32-6)14-24(26)25(16-31(4,5)18-40-20(3)38)29(36)23-10-9-13-33-28(23)19(2)39-7;1-7-5-3-2-4-6-7;1-2/h9-14,17,19,22H,6,8,15-16,18H2,1-5,7H3;6H,2-5H2,1H3;1-2H3. The van der Waals surface area contributed by atoms with E-state index in [0.29, 0.717) is 24.4 Å². The van der Waals surface area contributed by atoms with E-state index in [1.807, 2.05) is 32.9 Å². The number of carbonyl (C=O) groups excluding carboxylic acids is 2. The van der Waals surface area contributed by atoms with E-state index in [0.717, 1.165) is 52.1 Å². The Bertz CT molecular complexity index is 1680. The van der Waals surface area contributed by atoms with Crippen LogP contribution in [0.25, 0.3) is 33.5 Å². The summed E-state index contributed by atoms with van der Waals surface area (Å²) in [6, 6.07) is 9.46. The van der Waals surface area contributed by atoms with Crippen molar-refractivity contribution in [1.29, 1.82) is 0 Å². The van der Waals surface area contributed by atoms with Gasteiger partial charge in [0.2, 0.25) is 11.7 Å². The molecule has 272 valence electrons. The molecule has 2 atom stereocenters. The highest BCUT2D eigenvalue weighted by Crippen LogP contribution is 2.41. The molecule has 4 heterocycles. The average molecular weight is 690 g/mol. The van der Waals surface area contributed by atoms with Gasteiger partial charge < -0.3 is 23.4 Å². The number of aliphatic imine (C=N–C) groups is 1. The number of esters is 1. The molecule has 12 nitrogen and oxygen atoms in total. The third kappa shape index (κ3) is 10.4. The summed E-state index contributed by atoms with van der Waals surface area (Å²) in [6.45, 7) is 20.5. The third-order valence-electron chi connectivity index (χ3n) is 8.44. The number of nitrogens with zero attached hydrogens (tertiary/aromatic N) is 6. The number of aryl methyl sites for hydroxylation is 1. The van der Waals surface area contributed by atoms with E-state index in [9.17, 15) is 9.59 Å². The SMILES string of the molecule is C=NC(C=O)Cc1nc(-c2ccc3c(c2)c(CC(C)(C)COC(C)=O)c(-c2cccnc2C(C)OC)n3CC)no1.CC.CN1CCCCN1. The highest BCUT2D eigenvalue weighted by atomic mass is 16.5. The molecule has 0 saturated carbocycles. The third-order valence-corrected chi connectivity index (χ3v) is 8.44. The zero-order valence-corrected chi connectivity index (χ0v) is 31.3. The van der Waals surface area contributed by atoms with Crippen molar-refractivity contribution in [3.63, 3.8) is 0 Å². The first-order valence-corrected chi connectivity index (χ1v) is 17.5. The lowest BCUT2D eigenvalue weighted by atomic mass is 9.84. The molecule has 2 unspecified atom stereocenters. The molecule has 1 aliphatic heterocycles. The Morgan fingerprint density at radius 3 is 2.58 bits per heavy atom. The maximum Gasteiger partial charge on any atom is 0.302 e. The van der Waals surface area contributed by atoms with Gasteiger partial charge >= 0.3 is 5.97 Å². The van der Waals surface area contributed by atoms with Crippen LogP contribution in [0.4, 0.5) is 0 Å². The van der Waals surface area contributed by atoms with Gasteiger partial charge in [-0.25, -0.2) is 5.01 Å². The molecule has 1 fully saturated rings. The van der Waals surface area contributed by atoms with E-state index in [-0.39, 0.29) is 30.5 Å². The van der Waals surface area contributed by atoms with Gasteiger partial charge in [0.15, 0.2) is 0 Å². The van der Waals surface area contributed by atoms with Crippen molar-refractivity contribution in [3.8, 4) is 22.6 Å². The van der Waals surface area contributed by atoms with Gasteiger partial charge in [0.1, 0.15) is 12.3 Å². The number of hydrogen-bond donors (Lipinski definition) is 1. The molecule has 1 aromatic carbocycles. The van der Waals surface area contributed by atoms with E-state index in [2.05, 4.69) is 82.9 Å². The Labute approximate surface area is 296 Å². The molecule has 1 saturated heterocycles. The topological polar surface area (TPSA) is 137 Å². The van der Waals surface area contributed by atoms with Crippen LogP contribution in [0.1, 0.15) is 84.6 Å². The molecule has 12 heteroatoms. The van der Waals surface area contributed by atoms with Crippen molar-refractivity contribution in [2.45, 2.75) is 92.8 Å². The molecule has 0 aliphatic carbocycles. The fourth-order valence-corrected chi connectivity index (χ4v) is 5.87. The first kappa shape index (κ1) is 40.2. The largest absolute Gasteiger partial charge is 0.465 e. The second kappa shape index (κ2) is 19.2. The van der Waals surface area contributed by atoms with Crippen molar-refractivity contribution >= 4 is 29.9 Å². The first-order valence-electron chi connectivity index (χ1n) is 17.5. The van der Waals surface area contributed by atoms with Gasteiger partial charge in [-0.3, -0.25) is 20.2 Å². The zero-order chi connectivity index (χ0) is 36.8. The average Bonchev–Trinajstić information content (AvgIpc) is 3.72. The minimum Gasteiger partial charge on any atom is -0.465 e. The molecule has 0 amide bonds. The molecule has 0 radical (unpaired) electrons. The highest BCUT2D eigenvalue weighted by Gasteiger charge is 2.29. The number of ether oxygens (including phenoxy) is 2. The number of hydrazine groups is 1. The molecule has 0 spiro atoms. The van der Waals surface area contributed by atoms with Crippen molar-refractivity contribution in [3.05, 3.63) is 53.7 Å². The van der Waals surface area contributed by atoms with Gasteiger partial charge in [0.25, 0.3) is 0 Å². The zero-order valence-electron chi connectivity index (χ0n) is 31.3. The van der Waals surface area contributed by atoms with E-state index in [1.165, 1.54) is 26.3 Å². The van der Waals surface area contributed by atoms with Gasteiger partial charge in [-0.1, -0.05) is 32.9 Å². The highest BCUT2D eigenvalue weighted by molar-refractivity contribution is 5.94. The van der Waals surface area contributed by atoms with E-state index >= 15 is 0 Å². The summed E-state index contributed by atoms with van der Waals surface area (Å²) in [7, 11) is 3.76. The molecule has 50 heavy (non-hydrogen) atoms. The van der Waals surface area contributed by atoms with E-state index in [4.69, 9.17) is 19.0 Å². The number of hydrogen-bond acceptors (Lipinski definition) is 11. The van der Waals surface area contributed by atoms with Gasteiger partial charge in [0.05, 0.1) is 30.5 Å². The summed E-state index contributed by atoms with van der Waals surface area (Å²) in [5, 5.41) is 7.34. The Morgan fingerprint density at radius 2 is 2.00 bits per heavy atom. The summed E-state index contributed by atoms with van der Waals surface area (Å²) in [5.41, 5.74) is 8.64. The molecule has 3 aromatic heterocycles. The molecular weight excluding hydrogens is 634 g/mol. The van der Waals surface area contributed by atoms with E-state index in [1.54, 1.807) is 13.3 Å². The summed E-state index contributed by atoms with van der Waals surface area (Å²) in [5.74, 6) is 0.422. The summed E-state index contributed by atoms with van der Waals surface area (Å²) in [4.78, 5) is 35.8. The number of pyridine rings is 1. The Morgan fingerprint density at radius 1 is 1.24 bits per heavy atom. The lowest BCUT2D eigenvalue weighted by molar-refractivity contribution is -0.143. The van der Waals surface area contributed by atoms with Gasteiger partial charge in [-0.15, -0.1) is 0 Å². The minimum absolute atomic E-state index is 0.190. The lowest BCUT2D eigenvalue weighted by Crippen LogP contribution is -2.39. The molecule has 1 aliphatic rings. The second-order valence-electron chi connectivity index (χ2n) is 12.9. The number of benzene rings is 1. The van der Waals surface area contributed by atoms with Crippen LogP contribution in [0.5, 0.6) is 0 Å². The number of nitrogens with one attached hydrogen (secondary N) is 1. The second-order valence-corrected chi connectivity index (χ2v) is 12.9. The molecular formula is C38H55N7O5. The van der Waals surface area contributed by atoms with Crippen LogP contribution in [-0.2, 0) is 38.4 Å². The predicted molar refractivity (Wildman–Crippen MR) is 198 cm³/mol. The van der Waals surface area contributed by atoms with Crippen molar-refractivity contribution < 1.29 is 23.6 Å². The fraction of sp³-hybridized carbons (Fsp3) is 0.526. The molecule has 0 bridgehead atoms. The number of aldehydes is 1. The fourth-order valence-electron chi connectivity index (χ4n) is 5.87. The quantitative estimate of drug-likeness (QED) is 0.0921. The first-order chi connectivity index (χ1) is 24.0. The smallest absolute Gasteiger partial charge is 0.302 e. The van der Waals surface area contributed by atoms with Crippen molar-refractivity contribution in [2.75, 3.05) is 33.9 Å². The van der Waals surface area contributed by atoms with Crippen LogP contribution >= 0.6 is 0 Å². The predicted octanol–water partition coefficient (Wildman–Crippen LogP) is 6.67. The molecule has 1 N–H and O–H groups in total. The van der Waals surface area contributed by atoms with Crippen LogP contribution in [0.2, 0.25) is 0 Å². The Balaban J connectivity index is 0.000000659. The van der Waals surface area contributed by atoms with Gasteiger partial charge in [-0.05, 0) is 75.7 Å². The summed E-state index contributed by atoms with van der Waals surface area (Å²) >= 11 is 0. The minimum atomic E-state index is -0.638. The molecule has 4 aromatic rings. The van der Waals surface area contributed by atoms with Gasteiger partial charge in [0, 0.05) is 74.4 Å². The normalized spacial score (nSPS) is 14.5. The Kier molecular flexibility index (Phi) is 15.4. The maximum atomic E-state index is 11.7. The van der Waals surface area contributed by atoms with Crippen LogP contribution in [0.3, 0.4) is 0 Å². The van der Waals surface area contributed by atoms with E-state index < -0.39 is 6.04 Å². The van der Waals surface area contributed by atoms with Crippen LogP contribution in [-0.4, -0.2) is 83.6 Å². The summed E-state index contributed by atoms with van der Waals surface area (Å²) in [6.07, 6.45) is 5.77. The number of carbonyl (C=O) groups is 2. The van der Waals surface area contributed by atoms with Crippen LogP contribution in [0.15, 0.2) is 46.0 Å². The van der Waals surface area contributed by atoms with Gasteiger partial charge in [-0.2, -0.15) is 4.98 Å². The van der Waals surface area contributed by atoms with Crippen LogP contribution < -0.4 is 5.43 Å². The number of rotatable bonds is 13. The number of fused-ring (bicyclic) bond motifs is 1. The maximum absolute atomic E-state index is 11.7. The number of aromatic nitrogens is 4. The molecule has 5 rings (SSSR count). The monoisotopic (exact) mass is 689 g/mol.